The topological polar surface area (TPSA) is 51.6 Å². The maximum absolute atomic E-state index is 5.32. The first-order valence-corrected chi connectivity index (χ1v) is 14.5. The van der Waals surface area contributed by atoms with Crippen molar-refractivity contribution in [2.24, 2.45) is 0 Å². The van der Waals surface area contributed by atoms with E-state index >= 15 is 0 Å². The van der Waals surface area contributed by atoms with Crippen molar-refractivity contribution >= 4 is 11.0 Å². The standard InChI is InChI=1S/C38H36N4/c1-37(2,3)31-21-33-34(22-32(31)38(4,5)6)42-36(28-17-13-26(14-18-28)30-10-8-20-40-24-30)35(41-33)27-15-11-25(12-16-27)29-9-7-19-39-23-29/h7-24H,1-6H3. The molecule has 0 unspecified atom stereocenters. The molecule has 0 N–H and O–H groups in total. The molecule has 6 rings (SSSR count). The van der Waals surface area contributed by atoms with Crippen LogP contribution in [0.5, 0.6) is 0 Å². The second kappa shape index (κ2) is 10.6. The lowest BCUT2D eigenvalue weighted by Crippen LogP contribution is -2.22. The number of hydrogen-bond donors (Lipinski definition) is 0. The number of aromatic nitrogens is 4. The Labute approximate surface area is 248 Å². The molecule has 4 heteroatoms. The lowest BCUT2D eigenvalue weighted by Gasteiger charge is -2.30. The van der Waals surface area contributed by atoms with Crippen LogP contribution in [0.4, 0.5) is 0 Å². The Bertz CT molecular complexity index is 1710. The maximum atomic E-state index is 5.32. The van der Waals surface area contributed by atoms with Crippen LogP contribution in [0.2, 0.25) is 0 Å². The van der Waals surface area contributed by atoms with Crippen LogP contribution in [-0.2, 0) is 10.8 Å². The van der Waals surface area contributed by atoms with Crippen molar-refractivity contribution < 1.29 is 0 Å². The summed E-state index contributed by atoms with van der Waals surface area (Å²) in [4.78, 5) is 19.2. The molecule has 0 aliphatic carbocycles. The predicted octanol–water partition coefficient (Wildman–Crippen LogP) is 9.68. The number of nitrogens with zero attached hydrogens (tertiary/aromatic N) is 4. The zero-order chi connectivity index (χ0) is 29.5. The molecule has 0 saturated heterocycles. The average molecular weight is 549 g/mol. The van der Waals surface area contributed by atoms with E-state index in [9.17, 15) is 0 Å². The van der Waals surface area contributed by atoms with Gasteiger partial charge in [0.2, 0.25) is 0 Å². The first-order valence-electron chi connectivity index (χ1n) is 14.5. The summed E-state index contributed by atoms with van der Waals surface area (Å²) in [7, 11) is 0. The third-order valence-electron chi connectivity index (χ3n) is 7.73. The second-order valence-corrected chi connectivity index (χ2v) is 12.9. The van der Waals surface area contributed by atoms with Crippen LogP contribution in [0.3, 0.4) is 0 Å². The molecule has 3 aromatic heterocycles. The summed E-state index contributed by atoms with van der Waals surface area (Å²) >= 11 is 0. The molecule has 0 amide bonds. The Balaban J connectivity index is 1.55. The molecule has 208 valence electrons. The molecule has 42 heavy (non-hydrogen) atoms. The van der Waals surface area contributed by atoms with Gasteiger partial charge in [-0.1, -0.05) is 102 Å². The van der Waals surface area contributed by atoms with Crippen LogP contribution in [0.25, 0.3) is 55.8 Å². The average Bonchev–Trinajstić information content (AvgIpc) is 3.00. The summed E-state index contributed by atoms with van der Waals surface area (Å²) < 4.78 is 0. The highest BCUT2D eigenvalue weighted by atomic mass is 14.8. The van der Waals surface area contributed by atoms with Crippen LogP contribution < -0.4 is 0 Å². The molecule has 0 spiro atoms. The number of rotatable bonds is 4. The zero-order valence-electron chi connectivity index (χ0n) is 25.2. The van der Waals surface area contributed by atoms with Gasteiger partial charge in [0.05, 0.1) is 22.4 Å². The van der Waals surface area contributed by atoms with Gasteiger partial charge in [0.15, 0.2) is 0 Å². The third kappa shape index (κ3) is 5.45. The largest absolute Gasteiger partial charge is 0.264 e. The fraction of sp³-hybridized carbons (Fsp3) is 0.211. The van der Waals surface area contributed by atoms with Crippen molar-refractivity contribution in [1.82, 2.24) is 19.9 Å². The fourth-order valence-corrected chi connectivity index (χ4v) is 5.45. The van der Waals surface area contributed by atoms with E-state index in [0.29, 0.717) is 0 Å². The van der Waals surface area contributed by atoms with Gasteiger partial charge >= 0.3 is 0 Å². The zero-order valence-corrected chi connectivity index (χ0v) is 25.2. The van der Waals surface area contributed by atoms with Crippen LogP contribution >= 0.6 is 0 Å². The molecular weight excluding hydrogens is 512 g/mol. The highest BCUT2D eigenvalue weighted by Gasteiger charge is 2.27. The lowest BCUT2D eigenvalue weighted by atomic mass is 9.75. The SMILES string of the molecule is CC(C)(C)c1cc2nc(-c3ccc(-c4cccnc4)cc3)c(-c3ccc(-c4cccnc4)cc3)nc2cc1C(C)(C)C. The molecule has 0 saturated carbocycles. The Morgan fingerprint density at radius 3 is 1.10 bits per heavy atom. The van der Waals surface area contributed by atoms with Gasteiger partial charge in [0.1, 0.15) is 0 Å². The monoisotopic (exact) mass is 548 g/mol. The minimum absolute atomic E-state index is 0.0230. The summed E-state index contributed by atoms with van der Waals surface area (Å²) in [6.07, 6.45) is 7.37. The Kier molecular flexibility index (Phi) is 6.94. The van der Waals surface area contributed by atoms with E-state index < -0.39 is 0 Å². The van der Waals surface area contributed by atoms with Crippen LogP contribution in [-0.4, -0.2) is 19.9 Å². The third-order valence-corrected chi connectivity index (χ3v) is 7.73. The minimum atomic E-state index is -0.0230. The van der Waals surface area contributed by atoms with E-state index in [1.165, 1.54) is 11.1 Å². The van der Waals surface area contributed by atoms with Gasteiger partial charge in [-0.05, 0) is 68.5 Å². The molecule has 6 aromatic rings. The minimum Gasteiger partial charge on any atom is -0.264 e. The number of benzene rings is 3. The lowest BCUT2D eigenvalue weighted by molar-refractivity contribution is 0.531. The number of pyridine rings is 2. The quantitative estimate of drug-likeness (QED) is 0.220. The van der Waals surface area contributed by atoms with Gasteiger partial charge in [-0.15, -0.1) is 0 Å². The summed E-state index contributed by atoms with van der Waals surface area (Å²) in [5.74, 6) is 0. The first kappa shape index (κ1) is 27.5. The predicted molar refractivity (Wildman–Crippen MR) is 174 cm³/mol. The molecule has 0 fully saturated rings. The molecular formula is C38H36N4. The van der Waals surface area contributed by atoms with Crippen LogP contribution in [0.15, 0.2) is 110 Å². The van der Waals surface area contributed by atoms with Gasteiger partial charge in [0.25, 0.3) is 0 Å². The number of hydrogen-bond acceptors (Lipinski definition) is 4. The van der Waals surface area contributed by atoms with Gasteiger partial charge in [-0.2, -0.15) is 0 Å². The van der Waals surface area contributed by atoms with Crippen molar-refractivity contribution in [3.63, 3.8) is 0 Å². The molecule has 0 radical (unpaired) electrons. The summed E-state index contributed by atoms with van der Waals surface area (Å²) in [5, 5.41) is 0. The highest BCUT2D eigenvalue weighted by Crippen LogP contribution is 2.39. The molecule has 0 aliphatic rings. The Morgan fingerprint density at radius 1 is 0.429 bits per heavy atom. The van der Waals surface area contributed by atoms with E-state index in [2.05, 4.69) is 124 Å². The molecule has 3 aromatic carbocycles. The van der Waals surface area contributed by atoms with Gasteiger partial charge in [-0.25, -0.2) is 9.97 Å². The summed E-state index contributed by atoms with van der Waals surface area (Å²) in [6, 6.07) is 29.7. The molecule has 0 atom stereocenters. The Hall–Kier alpha value is -4.70. The van der Waals surface area contributed by atoms with Gasteiger partial charge in [-0.3, -0.25) is 9.97 Å². The smallest absolute Gasteiger partial charge is 0.0973 e. The highest BCUT2D eigenvalue weighted by molar-refractivity contribution is 5.88. The summed E-state index contributed by atoms with van der Waals surface area (Å²) in [6.45, 7) is 13.6. The maximum Gasteiger partial charge on any atom is 0.0973 e. The van der Waals surface area contributed by atoms with E-state index in [1.807, 2.05) is 24.5 Å². The second-order valence-electron chi connectivity index (χ2n) is 12.9. The van der Waals surface area contributed by atoms with E-state index in [4.69, 9.17) is 9.97 Å². The van der Waals surface area contributed by atoms with Crippen molar-refractivity contribution in [3.8, 4) is 44.8 Å². The van der Waals surface area contributed by atoms with E-state index in [0.717, 1.165) is 55.8 Å². The number of fused-ring (bicyclic) bond motifs is 1. The molecule has 0 aliphatic heterocycles. The first-order chi connectivity index (χ1) is 20.1. The van der Waals surface area contributed by atoms with Crippen molar-refractivity contribution in [2.45, 2.75) is 52.4 Å². The van der Waals surface area contributed by atoms with Crippen LogP contribution in [0.1, 0.15) is 52.7 Å². The van der Waals surface area contributed by atoms with E-state index in [-0.39, 0.29) is 10.8 Å². The Morgan fingerprint density at radius 2 is 0.786 bits per heavy atom. The molecule has 0 bridgehead atoms. The van der Waals surface area contributed by atoms with Crippen molar-refractivity contribution in [3.05, 3.63) is 121 Å². The van der Waals surface area contributed by atoms with Crippen LogP contribution in [0, 0.1) is 0 Å². The normalized spacial score (nSPS) is 12.0. The van der Waals surface area contributed by atoms with Gasteiger partial charge < -0.3 is 0 Å². The molecule has 3 heterocycles. The van der Waals surface area contributed by atoms with Crippen molar-refractivity contribution in [2.75, 3.05) is 0 Å². The fourth-order valence-electron chi connectivity index (χ4n) is 5.45. The molecule has 4 nitrogen and oxygen atoms in total. The van der Waals surface area contributed by atoms with Gasteiger partial charge in [0, 0.05) is 35.9 Å². The van der Waals surface area contributed by atoms with Crippen molar-refractivity contribution in [1.29, 1.82) is 0 Å². The summed E-state index contributed by atoms with van der Waals surface area (Å²) in [5.41, 5.74) is 12.6. The van der Waals surface area contributed by atoms with E-state index in [1.54, 1.807) is 12.4 Å².